The third-order valence-corrected chi connectivity index (χ3v) is 6.34. The van der Waals surface area contributed by atoms with E-state index in [0.29, 0.717) is 12.5 Å². The van der Waals surface area contributed by atoms with Crippen molar-refractivity contribution in [1.82, 2.24) is 19.8 Å². The van der Waals surface area contributed by atoms with Crippen molar-refractivity contribution in [2.24, 2.45) is 17.8 Å². The molecule has 0 spiro atoms. The van der Waals surface area contributed by atoms with Crippen LogP contribution in [-0.2, 0) is 9.59 Å². The zero-order valence-electron chi connectivity index (χ0n) is 16.1. The molecule has 27 heavy (non-hydrogen) atoms. The van der Waals surface area contributed by atoms with Gasteiger partial charge in [0.25, 0.3) is 0 Å². The molecule has 146 valence electrons. The number of piperazine rings is 1. The summed E-state index contributed by atoms with van der Waals surface area (Å²) in [6.45, 7) is 7.43. The monoisotopic (exact) mass is 371 g/mol. The molecule has 4 rings (SSSR count). The Morgan fingerprint density at radius 2 is 1.67 bits per heavy atom. The molecule has 7 heteroatoms. The highest BCUT2D eigenvalue weighted by Crippen LogP contribution is 2.40. The summed E-state index contributed by atoms with van der Waals surface area (Å²) in [6, 6.07) is 1.83. The lowest BCUT2D eigenvalue weighted by molar-refractivity contribution is -0.140. The van der Waals surface area contributed by atoms with E-state index in [1.807, 2.05) is 6.07 Å². The number of likely N-dealkylation sites (tertiary alicyclic amines) is 1. The lowest BCUT2D eigenvalue weighted by Crippen LogP contribution is -2.47. The second-order valence-corrected chi connectivity index (χ2v) is 8.19. The molecule has 2 aliphatic heterocycles. The molecule has 2 amide bonds. The minimum absolute atomic E-state index is 0.0388. The first-order valence-corrected chi connectivity index (χ1v) is 10.2. The Hall–Kier alpha value is -2.02. The molecule has 0 N–H and O–H groups in total. The normalized spacial score (nSPS) is 29.3. The number of amides is 2. The fourth-order valence-electron chi connectivity index (χ4n) is 4.76. The summed E-state index contributed by atoms with van der Waals surface area (Å²) >= 11 is 0. The van der Waals surface area contributed by atoms with Crippen molar-refractivity contribution in [3.63, 3.8) is 0 Å². The molecule has 1 aromatic heterocycles. The van der Waals surface area contributed by atoms with Crippen molar-refractivity contribution in [1.29, 1.82) is 0 Å². The Bertz CT molecular complexity index is 674. The van der Waals surface area contributed by atoms with Gasteiger partial charge in [-0.25, -0.2) is 9.97 Å². The molecule has 1 saturated carbocycles. The van der Waals surface area contributed by atoms with Crippen molar-refractivity contribution in [2.45, 2.75) is 32.6 Å². The minimum Gasteiger partial charge on any atom is -0.338 e. The summed E-state index contributed by atoms with van der Waals surface area (Å²) in [5.74, 6) is 1.44. The molecule has 0 radical (unpaired) electrons. The van der Waals surface area contributed by atoms with E-state index >= 15 is 0 Å². The predicted molar refractivity (Wildman–Crippen MR) is 102 cm³/mol. The maximum Gasteiger partial charge on any atom is 0.233 e. The third kappa shape index (κ3) is 3.83. The summed E-state index contributed by atoms with van der Waals surface area (Å²) in [4.78, 5) is 40.0. The van der Waals surface area contributed by atoms with Crippen LogP contribution in [0.2, 0.25) is 0 Å². The van der Waals surface area contributed by atoms with E-state index < -0.39 is 0 Å². The average molecular weight is 371 g/mol. The first kappa shape index (κ1) is 18.3. The van der Waals surface area contributed by atoms with E-state index in [0.717, 1.165) is 64.4 Å². The topological polar surface area (TPSA) is 69.6 Å². The summed E-state index contributed by atoms with van der Waals surface area (Å²) in [5.41, 5.74) is 0. The van der Waals surface area contributed by atoms with Gasteiger partial charge in [-0.3, -0.25) is 19.4 Å². The van der Waals surface area contributed by atoms with Crippen LogP contribution >= 0.6 is 0 Å². The average Bonchev–Trinajstić information content (AvgIpc) is 2.93. The molecule has 0 bridgehead atoms. The maximum absolute atomic E-state index is 12.6. The van der Waals surface area contributed by atoms with Gasteiger partial charge in [0, 0.05) is 45.1 Å². The lowest BCUT2D eigenvalue weighted by atomic mass is 9.76. The van der Waals surface area contributed by atoms with Crippen LogP contribution in [0.5, 0.6) is 0 Å². The first-order chi connectivity index (χ1) is 13.1. The van der Waals surface area contributed by atoms with E-state index in [1.54, 1.807) is 17.3 Å². The molecule has 3 heterocycles. The quantitative estimate of drug-likeness (QED) is 0.729. The minimum atomic E-state index is -0.0457. The molecule has 7 nitrogen and oxygen atoms in total. The fourth-order valence-corrected chi connectivity index (χ4v) is 4.76. The predicted octanol–water partition coefficient (Wildman–Crippen LogP) is 1.41. The molecular weight excluding hydrogens is 342 g/mol. The molecule has 1 aromatic rings. The summed E-state index contributed by atoms with van der Waals surface area (Å²) in [5, 5.41) is 0. The Labute approximate surface area is 160 Å². The van der Waals surface area contributed by atoms with Crippen LogP contribution in [0, 0.1) is 17.8 Å². The molecule has 3 unspecified atom stereocenters. The number of carbonyl (C=O) groups is 2. The van der Waals surface area contributed by atoms with Crippen LogP contribution in [0.25, 0.3) is 0 Å². The largest absolute Gasteiger partial charge is 0.338 e. The number of hydrogen-bond acceptors (Lipinski definition) is 6. The molecule has 3 atom stereocenters. The van der Waals surface area contributed by atoms with Crippen LogP contribution in [0.4, 0.5) is 5.95 Å². The molecule has 1 aliphatic carbocycles. The van der Waals surface area contributed by atoms with Crippen LogP contribution in [-0.4, -0.2) is 70.9 Å². The highest BCUT2D eigenvalue weighted by atomic mass is 16.2. The Morgan fingerprint density at radius 3 is 2.41 bits per heavy atom. The van der Waals surface area contributed by atoms with E-state index in [-0.39, 0.29) is 23.7 Å². The second kappa shape index (κ2) is 7.92. The van der Waals surface area contributed by atoms with Crippen LogP contribution in [0.1, 0.15) is 32.6 Å². The molecule has 3 fully saturated rings. The number of rotatable bonds is 5. The Balaban J connectivity index is 1.23. The van der Waals surface area contributed by atoms with Crippen molar-refractivity contribution in [2.75, 3.05) is 44.2 Å². The molecular formula is C20H29N5O2. The third-order valence-electron chi connectivity index (χ3n) is 6.34. The van der Waals surface area contributed by atoms with E-state index in [2.05, 4.69) is 26.7 Å². The lowest BCUT2D eigenvalue weighted by Gasteiger charge is -2.34. The molecule has 2 saturated heterocycles. The van der Waals surface area contributed by atoms with Crippen LogP contribution < -0.4 is 4.90 Å². The number of carbonyl (C=O) groups excluding carboxylic acids is 2. The number of hydrogen-bond donors (Lipinski definition) is 0. The van der Waals surface area contributed by atoms with Gasteiger partial charge < -0.3 is 4.90 Å². The van der Waals surface area contributed by atoms with Crippen molar-refractivity contribution in [3.8, 4) is 0 Å². The summed E-state index contributed by atoms with van der Waals surface area (Å²) in [7, 11) is 0. The van der Waals surface area contributed by atoms with Gasteiger partial charge in [-0.1, -0.05) is 6.92 Å². The zero-order chi connectivity index (χ0) is 18.8. The van der Waals surface area contributed by atoms with Crippen molar-refractivity contribution >= 4 is 17.8 Å². The van der Waals surface area contributed by atoms with Crippen LogP contribution in [0.15, 0.2) is 18.5 Å². The fraction of sp³-hybridized carbons (Fsp3) is 0.700. The van der Waals surface area contributed by atoms with Gasteiger partial charge in [0.15, 0.2) is 0 Å². The van der Waals surface area contributed by atoms with E-state index in [4.69, 9.17) is 0 Å². The number of imide groups is 1. The molecule has 0 aromatic carbocycles. The van der Waals surface area contributed by atoms with Crippen molar-refractivity contribution < 1.29 is 9.59 Å². The summed E-state index contributed by atoms with van der Waals surface area (Å²) < 4.78 is 0. The number of nitrogens with zero attached hydrogens (tertiary/aromatic N) is 5. The van der Waals surface area contributed by atoms with Gasteiger partial charge in [0.1, 0.15) is 0 Å². The maximum atomic E-state index is 12.6. The van der Waals surface area contributed by atoms with Crippen molar-refractivity contribution in [3.05, 3.63) is 18.5 Å². The van der Waals surface area contributed by atoms with Crippen LogP contribution in [0.3, 0.4) is 0 Å². The van der Waals surface area contributed by atoms with E-state index in [1.165, 1.54) is 0 Å². The van der Waals surface area contributed by atoms with Gasteiger partial charge >= 0.3 is 0 Å². The zero-order valence-corrected chi connectivity index (χ0v) is 16.1. The van der Waals surface area contributed by atoms with Gasteiger partial charge in [0.2, 0.25) is 17.8 Å². The smallest absolute Gasteiger partial charge is 0.233 e. The Morgan fingerprint density at radius 1 is 0.963 bits per heavy atom. The van der Waals surface area contributed by atoms with Gasteiger partial charge in [-0.05, 0) is 44.2 Å². The SMILES string of the molecule is CC1CCC2C(=O)N(CCCN3CCN(c4ncccn4)CC3)C(=O)C2C1. The highest BCUT2D eigenvalue weighted by Gasteiger charge is 2.48. The standard InChI is InChI=1S/C20H29N5O2/c1-15-4-5-16-17(14-15)19(27)25(18(16)26)9-3-8-23-10-12-24(13-11-23)20-21-6-2-7-22-20/h2,6-7,15-17H,3-5,8-14H2,1H3. The number of anilines is 1. The Kier molecular flexibility index (Phi) is 5.38. The van der Waals surface area contributed by atoms with E-state index in [9.17, 15) is 9.59 Å². The highest BCUT2D eigenvalue weighted by molar-refractivity contribution is 6.05. The number of fused-ring (bicyclic) bond motifs is 1. The second-order valence-electron chi connectivity index (χ2n) is 8.19. The summed E-state index contributed by atoms with van der Waals surface area (Å²) in [6.07, 6.45) is 7.25. The number of aromatic nitrogens is 2. The van der Waals surface area contributed by atoms with Gasteiger partial charge in [0.05, 0.1) is 11.8 Å². The van der Waals surface area contributed by atoms with Gasteiger partial charge in [-0.15, -0.1) is 0 Å². The van der Waals surface area contributed by atoms with Gasteiger partial charge in [-0.2, -0.15) is 0 Å². The first-order valence-electron chi connectivity index (χ1n) is 10.2. The molecule has 3 aliphatic rings.